The largest absolute Gasteiger partial charge is 0.503 e. The number of nitrogens with zero attached hydrogens (tertiary/aromatic N) is 2. The fourth-order valence-electron chi connectivity index (χ4n) is 2.38. The summed E-state index contributed by atoms with van der Waals surface area (Å²) in [5.74, 6) is 0.921. The first-order chi connectivity index (χ1) is 15.2. The molecule has 0 fully saturated rings. The number of rotatable bonds is 5. The molecule has 6 nitrogen and oxygen atoms in total. The van der Waals surface area contributed by atoms with Crippen LogP contribution in [0.25, 0.3) is 16.3 Å². The van der Waals surface area contributed by atoms with E-state index in [-0.39, 0.29) is 11.2 Å². The van der Waals surface area contributed by atoms with Gasteiger partial charge in [0.2, 0.25) is 5.88 Å². The van der Waals surface area contributed by atoms with Crippen molar-refractivity contribution < 1.29 is 14.6 Å². The summed E-state index contributed by atoms with van der Waals surface area (Å²) in [5.41, 5.74) is 1.70. The van der Waals surface area contributed by atoms with E-state index in [1.54, 1.807) is 18.3 Å². The Morgan fingerprint density at radius 2 is 1.84 bits per heavy atom. The smallest absolute Gasteiger partial charge is 0.219 e. The summed E-state index contributed by atoms with van der Waals surface area (Å²) < 4.78 is 6.53. The molecule has 0 aliphatic carbocycles. The Hall–Kier alpha value is -2.77. The first kappa shape index (κ1) is 27.3. The topological polar surface area (TPSA) is 84.3 Å². The van der Waals surface area contributed by atoms with Gasteiger partial charge < -0.3 is 20.0 Å². The monoisotopic (exact) mass is 457 g/mol. The van der Waals surface area contributed by atoms with Gasteiger partial charge in [-0.05, 0) is 44.7 Å². The molecule has 0 aliphatic rings. The Balaban J connectivity index is 0.000000944. The SMILES string of the molecule is CC.CC=O.CN[C@@H](C)/C=C/c1ccc(Oc2ccc3nc(C(C)(C)C)sc3c2O)nc1. The summed E-state index contributed by atoms with van der Waals surface area (Å²) in [6.45, 7) is 13.8. The number of carbonyl (C=O) groups is 1. The van der Waals surface area contributed by atoms with E-state index in [9.17, 15) is 5.11 Å². The maximum absolute atomic E-state index is 10.6. The molecule has 0 saturated carbocycles. The number of likely N-dealkylation sites (N-methyl/N-ethyl adjacent to an activating group) is 1. The standard InChI is InChI=1S/C21H25N3O2S.C2H4O.C2H6/c1-13(22-5)6-7-14-8-11-17(23-12-14)26-16-10-9-15-19(18(16)25)27-20(24-15)21(2,3)4;1-2-3;1-2/h6-13,22,25H,1-5H3;2H,1H3;1-2H3/b7-6+;;/t13-;;/m0../s1. The second-order valence-electron chi connectivity index (χ2n) is 7.73. The van der Waals surface area contributed by atoms with Crippen LogP contribution in [0.5, 0.6) is 17.4 Å². The molecule has 1 atom stereocenters. The molecule has 7 heteroatoms. The number of hydrogen-bond donors (Lipinski definition) is 2. The van der Waals surface area contributed by atoms with Crippen molar-refractivity contribution in [3.63, 3.8) is 0 Å². The van der Waals surface area contributed by atoms with Crippen molar-refractivity contribution in [3.8, 4) is 17.4 Å². The van der Waals surface area contributed by atoms with Crippen LogP contribution in [0.1, 0.15) is 59.0 Å². The van der Waals surface area contributed by atoms with Crippen molar-refractivity contribution in [3.05, 3.63) is 47.1 Å². The quantitative estimate of drug-likeness (QED) is 0.435. The lowest BCUT2D eigenvalue weighted by Gasteiger charge is -2.13. The molecule has 2 aromatic heterocycles. The molecule has 2 N–H and O–H groups in total. The van der Waals surface area contributed by atoms with E-state index >= 15 is 0 Å². The summed E-state index contributed by atoms with van der Waals surface area (Å²) in [6, 6.07) is 7.62. The van der Waals surface area contributed by atoms with Gasteiger partial charge in [0.15, 0.2) is 11.5 Å². The van der Waals surface area contributed by atoms with Crippen LogP contribution in [-0.2, 0) is 10.2 Å². The van der Waals surface area contributed by atoms with Crippen molar-refractivity contribution in [1.82, 2.24) is 15.3 Å². The van der Waals surface area contributed by atoms with Crippen LogP contribution >= 0.6 is 11.3 Å². The third-order valence-electron chi connectivity index (χ3n) is 4.14. The third-order valence-corrected chi connectivity index (χ3v) is 5.65. The summed E-state index contributed by atoms with van der Waals surface area (Å²) in [6.07, 6.45) is 6.56. The normalized spacial score (nSPS) is 11.9. The van der Waals surface area contributed by atoms with E-state index in [4.69, 9.17) is 9.53 Å². The fourth-order valence-corrected chi connectivity index (χ4v) is 3.44. The number of phenolic OH excluding ortho intramolecular Hbond substituents is 1. The van der Waals surface area contributed by atoms with Crippen LogP contribution in [-0.4, -0.2) is 34.5 Å². The van der Waals surface area contributed by atoms with Gasteiger partial charge >= 0.3 is 0 Å². The Kier molecular flexibility index (Phi) is 11.0. The molecule has 0 bridgehead atoms. The number of aromatic nitrogens is 2. The lowest BCUT2D eigenvalue weighted by Crippen LogP contribution is -2.17. The average Bonchev–Trinajstić information content (AvgIpc) is 3.23. The molecule has 3 aromatic rings. The number of aldehydes is 1. The molecule has 0 spiro atoms. The second-order valence-corrected chi connectivity index (χ2v) is 8.73. The zero-order valence-corrected chi connectivity index (χ0v) is 21.1. The van der Waals surface area contributed by atoms with Gasteiger partial charge in [-0.1, -0.05) is 46.8 Å². The van der Waals surface area contributed by atoms with Crippen LogP contribution < -0.4 is 10.1 Å². The van der Waals surface area contributed by atoms with E-state index in [0.717, 1.165) is 27.1 Å². The molecule has 0 amide bonds. The van der Waals surface area contributed by atoms with Gasteiger partial charge in [0, 0.05) is 23.7 Å². The van der Waals surface area contributed by atoms with Crippen LogP contribution in [0, 0.1) is 0 Å². The molecule has 2 heterocycles. The molecule has 32 heavy (non-hydrogen) atoms. The highest BCUT2D eigenvalue weighted by molar-refractivity contribution is 7.19. The Bertz CT molecular complexity index is 1010. The Morgan fingerprint density at radius 1 is 1.19 bits per heavy atom. The highest BCUT2D eigenvalue weighted by Crippen LogP contribution is 2.41. The highest BCUT2D eigenvalue weighted by Gasteiger charge is 2.21. The first-order valence-electron chi connectivity index (χ1n) is 10.7. The molecule has 1 aromatic carbocycles. The zero-order valence-electron chi connectivity index (χ0n) is 20.3. The first-order valence-corrected chi connectivity index (χ1v) is 11.5. The van der Waals surface area contributed by atoms with Crippen LogP contribution in [0.15, 0.2) is 36.5 Å². The van der Waals surface area contributed by atoms with Gasteiger partial charge in [-0.15, -0.1) is 11.3 Å². The van der Waals surface area contributed by atoms with Gasteiger partial charge in [-0.25, -0.2) is 9.97 Å². The van der Waals surface area contributed by atoms with E-state index in [2.05, 4.69) is 49.1 Å². The van der Waals surface area contributed by atoms with Gasteiger partial charge in [0.05, 0.1) is 10.5 Å². The molecular formula is C25H35N3O3S. The number of nitrogens with one attached hydrogen (secondary N) is 1. The van der Waals surface area contributed by atoms with Crippen LogP contribution in [0.2, 0.25) is 0 Å². The van der Waals surface area contributed by atoms with Gasteiger partial charge in [-0.3, -0.25) is 0 Å². The number of ether oxygens (including phenoxy) is 1. The van der Waals surface area contributed by atoms with Gasteiger partial charge in [0.1, 0.15) is 11.0 Å². The van der Waals surface area contributed by atoms with E-state index < -0.39 is 0 Å². The minimum absolute atomic E-state index is 0.0627. The number of thiazole rings is 1. The molecule has 0 saturated heterocycles. The third kappa shape index (κ3) is 7.73. The maximum atomic E-state index is 10.6. The highest BCUT2D eigenvalue weighted by atomic mass is 32.1. The molecule has 174 valence electrons. The van der Waals surface area contributed by atoms with Crippen molar-refractivity contribution in [2.45, 2.75) is 59.9 Å². The molecular weight excluding hydrogens is 422 g/mol. The van der Waals surface area contributed by atoms with E-state index in [1.807, 2.05) is 39.1 Å². The van der Waals surface area contributed by atoms with Gasteiger partial charge in [0.25, 0.3) is 0 Å². The lowest BCUT2D eigenvalue weighted by molar-refractivity contribution is -0.106. The molecule has 0 radical (unpaired) electrons. The van der Waals surface area contributed by atoms with Crippen molar-refractivity contribution in [1.29, 1.82) is 0 Å². The minimum Gasteiger partial charge on any atom is -0.503 e. The molecule has 0 unspecified atom stereocenters. The fraction of sp³-hybridized carbons (Fsp3) is 0.400. The van der Waals surface area contributed by atoms with E-state index in [0.29, 0.717) is 17.7 Å². The Morgan fingerprint density at radius 3 is 2.38 bits per heavy atom. The summed E-state index contributed by atoms with van der Waals surface area (Å²) in [5, 5.41) is 14.7. The van der Waals surface area contributed by atoms with Crippen LogP contribution in [0.3, 0.4) is 0 Å². The number of pyridine rings is 1. The molecule has 3 rings (SSSR count). The average molecular weight is 458 g/mol. The number of hydrogen-bond acceptors (Lipinski definition) is 7. The predicted molar refractivity (Wildman–Crippen MR) is 135 cm³/mol. The predicted octanol–water partition coefficient (Wildman–Crippen LogP) is 6.34. The van der Waals surface area contributed by atoms with Crippen molar-refractivity contribution in [2.24, 2.45) is 0 Å². The number of phenols is 1. The summed E-state index contributed by atoms with van der Waals surface area (Å²) >= 11 is 1.49. The second kappa shape index (κ2) is 12.9. The number of aromatic hydroxyl groups is 1. The zero-order chi connectivity index (χ0) is 24.3. The summed E-state index contributed by atoms with van der Waals surface area (Å²) in [7, 11) is 1.92. The van der Waals surface area contributed by atoms with Crippen LogP contribution in [0.4, 0.5) is 0 Å². The lowest BCUT2D eigenvalue weighted by atomic mass is 9.98. The Labute approximate surface area is 195 Å². The number of fused-ring (bicyclic) bond motifs is 1. The van der Waals surface area contributed by atoms with Gasteiger partial charge in [-0.2, -0.15) is 0 Å². The van der Waals surface area contributed by atoms with Crippen molar-refractivity contribution >= 4 is 33.9 Å². The van der Waals surface area contributed by atoms with Crippen molar-refractivity contribution in [2.75, 3.05) is 7.05 Å². The number of carbonyl (C=O) groups excluding carboxylic acids is 1. The maximum Gasteiger partial charge on any atom is 0.219 e. The van der Waals surface area contributed by atoms with E-state index in [1.165, 1.54) is 18.3 Å². The number of benzene rings is 1. The molecule has 0 aliphatic heterocycles. The minimum atomic E-state index is -0.0627. The summed E-state index contributed by atoms with van der Waals surface area (Å²) in [4.78, 5) is 17.8.